The molecule has 0 bridgehead atoms. The van der Waals surface area contributed by atoms with Gasteiger partial charge in [-0.2, -0.15) is 0 Å². The Bertz CT molecular complexity index is 621. The lowest BCUT2D eigenvalue weighted by Gasteiger charge is -2.39. The van der Waals surface area contributed by atoms with E-state index in [9.17, 15) is 9.90 Å². The van der Waals surface area contributed by atoms with E-state index in [1.54, 1.807) is 6.07 Å². The van der Waals surface area contributed by atoms with Crippen molar-refractivity contribution >= 4 is 28.3 Å². The summed E-state index contributed by atoms with van der Waals surface area (Å²) < 4.78 is 6.61. The van der Waals surface area contributed by atoms with Crippen LogP contribution in [-0.2, 0) is 5.41 Å². The van der Waals surface area contributed by atoms with E-state index in [1.165, 1.54) is 0 Å². The topological polar surface area (TPSA) is 46.5 Å². The summed E-state index contributed by atoms with van der Waals surface area (Å²) >= 11 is 0. The van der Waals surface area contributed by atoms with Crippen LogP contribution in [0.1, 0.15) is 57.5 Å². The smallest absolute Gasteiger partial charge is 0.335 e. The molecule has 1 rings (SSSR count). The first-order valence-corrected chi connectivity index (χ1v) is 13.9. The maximum atomic E-state index is 11.7. The Morgan fingerprint density at radius 1 is 1.08 bits per heavy atom. The van der Waals surface area contributed by atoms with Crippen LogP contribution in [0.3, 0.4) is 0 Å². The summed E-state index contributed by atoms with van der Waals surface area (Å²) in [6, 6.07) is 3.60. The van der Waals surface area contributed by atoms with Crippen molar-refractivity contribution in [3.05, 3.63) is 23.3 Å². The summed E-state index contributed by atoms with van der Waals surface area (Å²) in [5.74, 6) is 0.0286. The van der Waals surface area contributed by atoms with Crippen molar-refractivity contribution in [3.63, 3.8) is 0 Å². The van der Waals surface area contributed by atoms with Gasteiger partial charge < -0.3 is 9.53 Å². The van der Waals surface area contributed by atoms with Crippen molar-refractivity contribution in [1.29, 1.82) is 0 Å². The van der Waals surface area contributed by atoms with Gasteiger partial charge in [0.25, 0.3) is 0 Å². The monoisotopic (exact) mass is 365 g/mol. The second-order valence-corrected chi connectivity index (χ2v) is 16.5. The van der Waals surface area contributed by atoms with E-state index in [4.69, 9.17) is 4.43 Å². The lowest BCUT2D eigenvalue weighted by molar-refractivity contribution is 0.0698. The molecule has 0 aliphatic heterocycles. The molecule has 0 aliphatic carbocycles. The van der Waals surface area contributed by atoms with E-state index in [0.717, 1.165) is 16.5 Å². The molecule has 0 saturated carbocycles. The average Bonchev–Trinajstić information content (AvgIpc) is 2.34. The number of benzene rings is 1. The molecule has 1 N–H and O–H groups in total. The van der Waals surface area contributed by atoms with E-state index < -0.39 is 23.1 Å². The van der Waals surface area contributed by atoms with Crippen molar-refractivity contribution in [1.82, 2.24) is 0 Å². The van der Waals surface area contributed by atoms with Crippen LogP contribution < -0.4 is 9.61 Å². The van der Waals surface area contributed by atoms with E-state index in [1.807, 2.05) is 6.07 Å². The molecule has 24 heavy (non-hydrogen) atoms. The zero-order chi connectivity index (χ0) is 19.1. The van der Waals surface area contributed by atoms with E-state index in [0.29, 0.717) is 5.56 Å². The molecule has 0 spiro atoms. The molecule has 0 aromatic heterocycles. The molecular formula is C19H33O3Si2. The van der Waals surface area contributed by atoms with Gasteiger partial charge >= 0.3 is 5.97 Å². The lowest BCUT2D eigenvalue weighted by atomic mass is 9.85. The Morgan fingerprint density at radius 2 is 1.58 bits per heavy atom. The largest absolute Gasteiger partial charge is 0.543 e. The van der Waals surface area contributed by atoms with Gasteiger partial charge in [-0.15, -0.1) is 0 Å². The van der Waals surface area contributed by atoms with Gasteiger partial charge in [0.1, 0.15) is 5.75 Å². The fraction of sp³-hybridized carbons (Fsp3) is 0.632. The predicted octanol–water partition coefficient (Wildman–Crippen LogP) is 5.03. The molecule has 3 nitrogen and oxygen atoms in total. The van der Waals surface area contributed by atoms with Gasteiger partial charge in [0.15, 0.2) is 0 Å². The fourth-order valence-corrected chi connectivity index (χ4v) is 5.29. The summed E-state index contributed by atoms with van der Waals surface area (Å²) in [4.78, 5) is 11.7. The number of carbonyl (C=O) groups is 1. The highest BCUT2D eigenvalue weighted by atomic mass is 28.4. The third kappa shape index (κ3) is 4.31. The SMILES string of the molecule is C[Si](C)c1c(C(=O)O)ccc(O[Si](C)(C)C(C)(C)C)c1C(C)(C)C. The number of hydrogen-bond acceptors (Lipinski definition) is 2. The maximum Gasteiger partial charge on any atom is 0.335 e. The highest BCUT2D eigenvalue weighted by Crippen LogP contribution is 2.40. The number of carboxylic acid groups (broad SMARTS) is 1. The Hall–Kier alpha value is -1.08. The molecule has 1 aromatic carbocycles. The van der Waals surface area contributed by atoms with Crippen LogP contribution in [0, 0.1) is 0 Å². The van der Waals surface area contributed by atoms with Crippen LogP contribution in [0.15, 0.2) is 12.1 Å². The van der Waals surface area contributed by atoms with Gasteiger partial charge in [0, 0.05) is 0 Å². The van der Waals surface area contributed by atoms with Crippen LogP contribution in [0.2, 0.25) is 31.2 Å². The third-order valence-electron chi connectivity index (χ3n) is 4.82. The first kappa shape index (κ1) is 21.0. The second-order valence-electron chi connectivity index (χ2n) is 9.28. The molecule has 135 valence electrons. The summed E-state index contributed by atoms with van der Waals surface area (Å²) in [7, 11) is -2.95. The Kier molecular flexibility index (Phi) is 5.83. The summed E-state index contributed by atoms with van der Waals surface area (Å²) in [6.45, 7) is 21.8. The molecule has 0 aliphatic rings. The van der Waals surface area contributed by atoms with E-state index in [2.05, 4.69) is 67.7 Å². The quantitative estimate of drug-likeness (QED) is 0.761. The molecule has 1 aromatic rings. The van der Waals surface area contributed by atoms with Gasteiger partial charge in [-0.1, -0.05) is 54.6 Å². The minimum Gasteiger partial charge on any atom is -0.543 e. The maximum absolute atomic E-state index is 11.7. The number of aromatic carboxylic acids is 1. The predicted molar refractivity (Wildman–Crippen MR) is 107 cm³/mol. The first-order chi connectivity index (χ1) is 10.6. The van der Waals surface area contributed by atoms with Crippen molar-refractivity contribution in [2.75, 3.05) is 0 Å². The molecule has 0 fully saturated rings. The number of rotatable bonds is 4. The van der Waals surface area contributed by atoms with Gasteiger partial charge in [-0.05, 0) is 46.4 Å². The van der Waals surface area contributed by atoms with Gasteiger partial charge in [0.2, 0.25) is 8.32 Å². The first-order valence-electron chi connectivity index (χ1n) is 8.50. The van der Waals surface area contributed by atoms with Crippen LogP contribution in [0.25, 0.3) is 0 Å². The van der Waals surface area contributed by atoms with Gasteiger partial charge in [-0.3, -0.25) is 0 Å². The van der Waals surface area contributed by atoms with E-state index in [-0.39, 0.29) is 10.5 Å². The minimum absolute atomic E-state index is 0.0972. The van der Waals surface area contributed by atoms with Crippen LogP contribution in [-0.4, -0.2) is 28.2 Å². The Morgan fingerprint density at radius 3 is 1.92 bits per heavy atom. The molecule has 1 radical (unpaired) electrons. The molecule has 5 heteroatoms. The minimum atomic E-state index is -1.99. The van der Waals surface area contributed by atoms with Crippen LogP contribution in [0.5, 0.6) is 5.75 Å². The third-order valence-corrected chi connectivity index (χ3v) is 10.7. The average molecular weight is 366 g/mol. The standard InChI is InChI=1S/C19H33O3Si2/c1-18(2,3)15-14(22-24(9,10)19(4,5)6)12-11-13(17(20)21)16(15)23(7)8/h11-12H,1-10H3,(H,20,21). The highest BCUT2D eigenvalue weighted by molar-refractivity contribution is 6.75. The zero-order valence-corrected chi connectivity index (χ0v) is 18.9. The molecule has 0 heterocycles. The summed E-state index contributed by atoms with van der Waals surface area (Å²) in [5, 5.41) is 10.7. The molecular weight excluding hydrogens is 332 g/mol. The zero-order valence-electron chi connectivity index (χ0n) is 16.9. The fourth-order valence-electron chi connectivity index (χ4n) is 2.54. The van der Waals surface area contributed by atoms with Crippen molar-refractivity contribution in [2.24, 2.45) is 0 Å². The summed E-state index contributed by atoms with van der Waals surface area (Å²) in [5.41, 5.74) is 1.34. The van der Waals surface area contributed by atoms with Gasteiger partial charge in [0.05, 0.1) is 14.4 Å². The van der Waals surface area contributed by atoms with Crippen molar-refractivity contribution < 1.29 is 14.3 Å². The normalized spacial score (nSPS) is 13.3. The highest BCUT2D eigenvalue weighted by Gasteiger charge is 2.40. The van der Waals surface area contributed by atoms with Gasteiger partial charge in [-0.25, -0.2) is 4.79 Å². The number of carboxylic acids is 1. The number of hydrogen-bond donors (Lipinski definition) is 1. The molecule has 0 atom stereocenters. The Labute approximate surface area is 150 Å². The van der Waals surface area contributed by atoms with E-state index >= 15 is 0 Å². The summed E-state index contributed by atoms with van der Waals surface area (Å²) in [6.07, 6.45) is 0. The molecule has 0 saturated heterocycles. The Balaban J connectivity index is 3.70. The lowest BCUT2D eigenvalue weighted by Crippen LogP contribution is -2.45. The van der Waals surface area contributed by atoms with Crippen molar-refractivity contribution in [3.8, 4) is 5.75 Å². The molecule has 0 unspecified atom stereocenters. The van der Waals surface area contributed by atoms with Crippen LogP contribution in [0.4, 0.5) is 0 Å². The molecule has 0 amide bonds. The van der Waals surface area contributed by atoms with Crippen molar-refractivity contribution in [2.45, 2.75) is 78.2 Å². The van der Waals surface area contributed by atoms with Crippen LogP contribution >= 0.6 is 0 Å². The second kappa shape index (κ2) is 6.67.